The van der Waals surface area contributed by atoms with Gasteiger partial charge in [0.05, 0.1) is 28.6 Å². The molecule has 2 aromatic rings. The van der Waals surface area contributed by atoms with E-state index >= 15 is 0 Å². The fourth-order valence-corrected chi connectivity index (χ4v) is 2.79. The van der Waals surface area contributed by atoms with Crippen LogP contribution in [0.25, 0.3) is 0 Å². The molecule has 0 spiro atoms. The van der Waals surface area contributed by atoms with Crippen molar-refractivity contribution >= 4 is 35.4 Å². The molecule has 0 unspecified atom stereocenters. The van der Waals surface area contributed by atoms with E-state index in [1.807, 2.05) is 6.92 Å². The van der Waals surface area contributed by atoms with Gasteiger partial charge in [0, 0.05) is 18.6 Å². The van der Waals surface area contributed by atoms with E-state index in [2.05, 4.69) is 20.5 Å². The number of ether oxygens (including phenoxy) is 1. The van der Waals surface area contributed by atoms with E-state index in [-0.39, 0.29) is 24.5 Å². The molecule has 0 amide bonds. The SMILES string of the molecule is CCOc1c(Cl)cc(/C=N\Nc2nc(C)c(CCO)c(=O)[nH]2)cc1Cl. The lowest BCUT2D eigenvalue weighted by atomic mass is 10.2. The van der Waals surface area contributed by atoms with Crippen molar-refractivity contribution in [3.05, 3.63) is 49.4 Å². The summed E-state index contributed by atoms with van der Waals surface area (Å²) in [6, 6.07) is 3.32. The van der Waals surface area contributed by atoms with Gasteiger partial charge >= 0.3 is 0 Å². The maximum atomic E-state index is 11.9. The molecule has 1 aromatic heterocycles. The summed E-state index contributed by atoms with van der Waals surface area (Å²) in [6.07, 6.45) is 1.74. The number of nitrogens with one attached hydrogen (secondary N) is 2. The molecule has 3 N–H and O–H groups in total. The summed E-state index contributed by atoms with van der Waals surface area (Å²) in [5.74, 6) is 0.626. The number of aromatic nitrogens is 2. The minimum absolute atomic E-state index is 0.115. The molecule has 2 rings (SSSR count). The Kier molecular flexibility index (Phi) is 6.81. The van der Waals surface area contributed by atoms with Crippen LogP contribution in [-0.4, -0.2) is 34.5 Å². The molecule has 0 saturated heterocycles. The fourth-order valence-electron chi connectivity index (χ4n) is 2.17. The molecule has 1 aromatic carbocycles. The second kappa shape index (κ2) is 8.84. The molecule has 0 aliphatic rings. The standard InChI is InChI=1S/C16H18Cl2N4O3/c1-3-25-14-12(17)6-10(7-13(14)18)8-19-22-16-20-9(2)11(4-5-23)15(24)21-16/h6-8,23H,3-5H2,1-2H3,(H2,20,21,22,24)/b19-8-. The number of nitrogens with zero attached hydrogens (tertiary/aromatic N) is 2. The van der Waals surface area contributed by atoms with Crippen molar-refractivity contribution in [3.8, 4) is 5.75 Å². The van der Waals surface area contributed by atoms with E-state index in [1.165, 1.54) is 6.21 Å². The summed E-state index contributed by atoms with van der Waals surface area (Å²) in [7, 11) is 0. The van der Waals surface area contributed by atoms with Gasteiger partial charge < -0.3 is 9.84 Å². The zero-order chi connectivity index (χ0) is 18.4. The number of hydrogen-bond donors (Lipinski definition) is 3. The van der Waals surface area contributed by atoms with Gasteiger partial charge in [0.2, 0.25) is 5.95 Å². The number of H-pyrrole nitrogens is 1. The average Bonchev–Trinajstić information content (AvgIpc) is 2.54. The number of aliphatic hydroxyl groups is 1. The second-order valence-corrected chi connectivity index (χ2v) is 5.88. The summed E-state index contributed by atoms with van der Waals surface area (Å²) in [6.45, 7) is 3.88. The van der Waals surface area contributed by atoms with E-state index in [9.17, 15) is 4.79 Å². The van der Waals surface area contributed by atoms with Crippen molar-refractivity contribution in [2.45, 2.75) is 20.3 Å². The Morgan fingerprint density at radius 1 is 1.40 bits per heavy atom. The third-order valence-electron chi connectivity index (χ3n) is 3.28. The fraction of sp³-hybridized carbons (Fsp3) is 0.312. The average molecular weight is 385 g/mol. The molecule has 0 bridgehead atoms. The molecular weight excluding hydrogens is 367 g/mol. The Morgan fingerprint density at radius 2 is 2.08 bits per heavy atom. The monoisotopic (exact) mass is 384 g/mol. The van der Waals surface area contributed by atoms with Crippen molar-refractivity contribution < 1.29 is 9.84 Å². The number of hydrazone groups is 1. The molecule has 0 radical (unpaired) electrons. The van der Waals surface area contributed by atoms with E-state index in [1.54, 1.807) is 19.1 Å². The zero-order valence-corrected chi connectivity index (χ0v) is 15.3. The number of aliphatic hydroxyl groups excluding tert-OH is 1. The van der Waals surface area contributed by atoms with Gasteiger partial charge in [-0.05, 0) is 31.5 Å². The predicted octanol–water partition coefficient (Wildman–Crippen LogP) is 2.76. The highest BCUT2D eigenvalue weighted by Gasteiger charge is 2.09. The Bertz CT molecular complexity index is 814. The lowest BCUT2D eigenvalue weighted by molar-refractivity contribution is 0.298. The Balaban J connectivity index is 2.15. The topological polar surface area (TPSA) is 99.6 Å². The van der Waals surface area contributed by atoms with Crippen LogP contribution in [0, 0.1) is 6.92 Å². The van der Waals surface area contributed by atoms with Crippen molar-refractivity contribution in [1.29, 1.82) is 0 Å². The van der Waals surface area contributed by atoms with Gasteiger partial charge in [-0.3, -0.25) is 9.78 Å². The minimum Gasteiger partial charge on any atom is -0.491 e. The second-order valence-electron chi connectivity index (χ2n) is 5.07. The minimum atomic E-state index is -0.314. The number of aryl methyl sites for hydroxylation is 1. The highest BCUT2D eigenvalue weighted by atomic mass is 35.5. The number of halogens is 2. The summed E-state index contributed by atoms with van der Waals surface area (Å²) >= 11 is 12.3. The van der Waals surface area contributed by atoms with Gasteiger partial charge in [-0.25, -0.2) is 10.4 Å². The third kappa shape index (κ3) is 4.94. The van der Waals surface area contributed by atoms with Crippen molar-refractivity contribution in [1.82, 2.24) is 9.97 Å². The van der Waals surface area contributed by atoms with Crippen LogP contribution in [0.3, 0.4) is 0 Å². The zero-order valence-electron chi connectivity index (χ0n) is 13.8. The molecule has 0 aliphatic carbocycles. The third-order valence-corrected chi connectivity index (χ3v) is 3.84. The van der Waals surface area contributed by atoms with Gasteiger partial charge in [0.25, 0.3) is 5.56 Å². The van der Waals surface area contributed by atoms with Gasteiger partial charge in [-0.2, -0.15) is 5.10 Å². The highest BCUT2D eigenvalue weighted by molar-refractivity contribution is 6.37. The first-order chi connectivity index (χ1) is 12.0. The summed E-state index contributed by atoms with van der Waals surface area (Å²) < 4.78 is 5.36. The van der Waals surface area contributed by atoms with Crippen LogP contribution in [0.4, 0.5) is 5.95 Å². The summed E-state index contributed by atoms with van der Waals surface area (Å²) in [5.41, 5.74) is 3.96. The van der Waals surface area contributed by atoms with Gasteiger partial charge in [-0.15, -0.1) is 0 Å². The summed E-state index contributed by atoms with van der Waals surface area (Å²) in [5, 5.41) is 13.7. The predicted molar refractivity (Wildman–Crippen MR) is 99.2 cm³/mol. The molecule has 7 nitrogen and oxygen atoms in total. The first-order valence-electron chi connectivity index (χ1n) is 7.57. The van der Waals surface area contributed by atoms with Crippen LogP contribution < -0.4 is 15.7 Å². The molecule has 1 heterocycles. The van der Waals surface area contributed by atoms with Crippen LogP contribution in [-0.2, 0) is 6.42 Å². The maximum absolute atomic E-state index is 11.9. The number of anilines is 1. The maximum Gasteiger partial charge on any atom is 0.255 e. The highest BCUT2D eigenvalue weighted by Crippen LogP contribution is 2.33. The van der Waals surface area contributed by atoms with Crippen LogP contribution >= 0.6 is 23.2 Å². The lowest BCUT2D eigenvalue weighted by Gasteiger charge is -2.08. The Labute approximate surface area is 154 Å². The normalized spacial score (nSPS) is 11.1. The molecule has 9 heteroatoms. The molecule has 25 heavy (non-hydrogen) atoms. The molecule has 0 aliphatic heterocycles. The summed E-state index contributed by atoms with van der Waals surface area (Å²) in [4.78, 5) is 18.7. The van der Waals surface area contributed by atoms with E-state index in [0.29, 0.717) is 39.2 Å². The van der Waals surface area contributed by atoms with E-state index in [0.717, 1.165) is 0 Å². The molecule has 0 fully saturated rings. The van der Waals surface area contributed by atoms with E-state index < -0.39 is 0 Å². The smallest absolute Gasteiger partial charge is 0.255 e. The van der Waals surface area contributed by atoms with Gasteiger partial charge in [-0.1, -0.05) is 23.2 Å². The van der Waals surface area contributed by atoms with Gasteiger partial charge in [0.15, 0.2) is 5.75 Å². The molecule has 0 atom stereocenters. The van der Waals surface area contributed by atoms with E-state index in [4.69, 9.17) is 33.0 Å². The number of benzene rings is 1. The van der Waals surface area contributed by atoms with Crippen molar-refractivity contribution in [3.63, 3.8) is 0 Å². The Morgan fingerprint density at radius 3 is 2.64 bits per heavy atom. The Hall–Kier alpha value is -2.09. The lowest BCUT2D eigenvalue weighted by Crippen LogP contribution is -2.19. The van der Waals surface area contributed by atoms with Crippen molar-refractivity contribution in [2.75, 3.05) is 18.6 Å². The first kappa shape index (κ1) is 19.2. The quantitative estimate of drug-likeness (QED) is 0.503. The van der Waals surface area contributed by atoms with Crippen LogP contribution in [0.5, 0.6) is 5.75 Å². The molecule has 0 saturated carbocycles. The molecule has 134 valence electrons. The number of aromatic amines is 1. The first-order valence-corrected chi connectivity index (χ1v) is 8.33. The van der Waals surface area contributed by atoms with Crippen molar-refractivity contribution in [2.24, 2.45) is 5.10 Å². The van der Waals surface area contributed by atoms with Crippen LogP contribution in [0.1, 0.15) is 23.7 Å². The largest absolute Gasteiger partial charge is 0.491 e. The van der Waals surface area contributed by atoms with Gasteiger partial charge in [0.1, 0.15) is 0 Å². The number of hydrogen-bond acceptors (Lipinski definition) is 6. The molecular formula is C16H18Cl2N4O3. The number of rotatable bonds is 7. The van der Waals surface area contributed by atoms with Crippen LogP contribution in [0.2, 0.25) is 10.0 Å². The van der Waals surface area contributed by atoms with Crippen LogP contribution in [0.15, 0.2) is 22.0 Å².